The molecule has 6 nitrogen and oxygen atoms in total. The Hall–Kier alpha value is -2.86. The highest BCUT2D eigenvalue weighted by atomic mass is 16.5. The van der Waals surface area contributed by atoms with Gasteiger partial charge in [-0.25, -0.2) is 0 Å². The van der Waals surface area contributed by atoms with Crippen LogP contribution in [0.5, 0.6) is 0 Å². The quantitative estimate of drug-likeness (QED) is 0.720. The van der Waals surface area contributed by atoms with Crippen LogP contribution in [0.1, 0.15) is 24.0 Å². The zero-order valence-corrected chi connectivity index (χ0v) is 18.2. The monoisotopic (exact) mass is 421 g/mol. The van der Waals surface area contributed by atoms with Crippen molar-refractivity contribution in [3.8, 4) is 0 Å². The molecule has 0 saturated carbocycles. The Balaban J connectivity index is 1.42. The van der Waals surface area contributed by atoms with E-state index in [2.05, 4.69) is 17.0 Å². The normalized spacial score (nSPS) is 18.8. The molecule has 2 amide bonds. The predicted octanol–water partition coefficient (Wildman–Crippen LogP) is 2.72. The van der Waals surface area contributed by atoms with Crippen molar-refractivity contribution in [3.63, 3.8) is 0 Å². The summed E-state index contributed by atoms with van der Waals surface area (Å²) in [5.41, 5.74) is 3.27. The molecule has 2 saturated heterocycles. The van der Waals surface area contributed by atoms with Gasteiger partial charge in [0.1, 0.15) is 6.04 Å². The number of carbonyl (C=O) groups excluding carboxylic acids is 2. The van der Waals surface area contributed by atoms with E-state index >= 15 is 0 Å². The highest BCUT2D eigenvalue weighted by molar-refractivity contribution is 5.89. The van der Waals surface area contributed by atoms with Gasteiger partial charge < -0.3 is 19.4 Å². The number of ether oxygens (including phenoxy) is 1. The summed E-state index contributed by atoms with van der Waals surface area (Å²) in [6.07, 6.45) is 1.94. The van der Waals surface area contributed by atoms with Gasteiger partial charge in [-0.05, 0) is 30.0 Å². The van der Waals surface area contributed by atoms with Gasteiger partial charge in [-0.15, -0.1) is 0 Å². The van der Waals surface area contributed by atoms with Crippen molar-refractivity contribution in [1.82, 2.24) is 9.80 Å². The van der Waals surface area contributed by atoms with Crippen LogP contribution in [0.25, 0.3) is 0 Å². The van der Waals surface area contributed by atoms with Gasteiger partial charge in [-0.3, -0.25) is 9.59 Å². The van der Waals surface area contributed by atoms with E-state index < -0.39 is 0 Å². The second-order valence-electron chi connectivity index (χ2n) is 8.33. The molecule has 1 unspecified atom stereocenters. The van der Waals surface area contributed by atoms with Crippen molar-refractivity contribution in [2.24, 2.45) is 0 Å². The van der Waals surface area contributed by atoms with E-state index in [1.807, 2.05) is 49.5 Å². The number of anilines is 1. The molecule has 0 N–H and O–H groups in total. The molecular formula is C25H31N3O3. The smallest absolute Gasteiger partial charge is 0.245 e. The van der Waals surface area contributed by atoms with Crippen LogP contribution in [0.4, 0.5) is 5.69 Å². The minimum Gasteiger partial charge on any atom is -0.378 e. The fourth-order valence-corrected chi connectivity index (χ4v) is 4.54. The molecule has 0 bridgehead atoms. The molecule has 0 spiro atoms. The van der Waals surface area contributed by atoms with Crippen molar-refractivity contribution in [2.75, 3.05) is 44.8 Å². The number of amides is 2. The molecule has 2 aromatic carbocycles. The maximum Gasteiger partial charge on any atom is 0.245 e. The Labute approximate surface area is 184 Å². The van der Waals surface area contributed by atoms with E-state index in [0.717, 1.165) is 56.0 Å². The Morgan fingerprint density at radius 2 is 1.71 bits per heavy atom. The first kappa shape index (κ1) is 21.4. The first-order chi connectivity index (χ1) is 15.1. The predicted molar refractivity (Wildman–Crippen MR) is 121 cm³/mol. The summed E-state index contributed by atoms with van der Waals surface area (Å²) in [6.45, 7) is 4.36. The topological polar surface area (TPSA) is 53.1 Å². The zero-order chi connectivity index (χ0) is 21.6. The summed E-state index contributed by atoms with van der Waals surface area (Å²) in [6, 6.07) is 17.6. The van der Waals surface area contributed by atoms with Gasteiger partial charge in [0.2, 0.25) is 11.8 Å². The Kier molecular flexibility index (Phi) is 6.87. The maximum atomic E-state index is 13.3. The van der Waals surface area contributed by atoms with Crippen molar-refractivity contribution in [2.45, 2.75) is 31.8 Å². The van der Waals surface area contributed by atoms with Gasteiger partial charge in [-0.2, -0.15) is 0 Å². The van der Waals surface area contributed by atoms with Gasteiger partial charge in [0.05, 0.1) is 19.6 Å². The third-order valence-corrected chi connectivity index (χ3v) is 6.18. The number of benzene rings is 2. The van der Waals surface area contributed by atoms with E-state index in [1.54, 1.807) is 9.80 Å². The minimum absolute atomic E-state index is 0.0238. The SMILES string of the molecule is CN(Cc1ccccc1N1CCOCC1)C(=O)C1CCCN1C(=O)Cc1ccccc1. The number of likely N-dealkylation sites (tertiary alicyclic amines) is 1. The summed E-state index contributed by atoms with van der Waals surface area (Å²) in [5.74, 6) is 0.0554. The second kappa shape index (κ2) is 9.96. The lowest BCUT2D eigenvalue weighted by atomic mass is 10.1. The summed E-state index contributed by atoms with van der Waals surface area (Å²) in [4.78, 5) is 32.1. The molecule has 0 aromatic heterocycles. The van der Waals surface area contributed by atoms with Crippen LogP contribution in [0.3, 0.4) is 0 Å². The number of likely N-dealkylation sites (N-methyl/N-ethyl adjacent to an activating group) is 1. The standard InChI is InChI=1S/C25H31N3O3/c1-26(19-21-10-5-6-11-22(21)27-14-16-31-17-15-27)25(30)23-12-7-13-28(23)24(29)18-20-8-3-2-4-9-20/h2-6,8-11,23H,7,12-19H2,1H3. The lowest BCUT2D eigenvalue weighted by molar-refractivity contribution is -0.143. The van der Waals surface area contributed by atoms with Gasteiger partial charge >= 0.3 is 0 Å². The average molecular weight is 422 g/mol. The molecule has 164 valence electrons. The zero-order valence-electron chi connectivity index (χ0n) is 18.2. The third-order valence-electron chi connectivity index (χ3n) is 6.18. The van der Waals surface area contributed by atoms with E-state index in [-0.39, 0.29) is 17.9 Å². The molecular weight excluding hydrogens is 390 g/mol. The fraction of sp³-hybridized carbons (Fsp3) is 0.440. The van der Waals surface area contributed by atoms with E-state index in [4.69, 9.17) is 4.74 Å². The van der Waals surface area contributed by atoms with Crippen LogP contribution in [-0.4, -0.2) is 67.6 Å². The second-order valence-corrected chi connectivity index (χ2v) is 8.33. The van der Waals surface area contributed by atoms with Crippen molar-refractivity contribution >= 4 is 17.5 Å². The van der Waals surface area contributed by atoms with Crippen LogP contribution in [0.15, 0.2) is 54.6 Å². The van der Waals surface area contributed by atoms with Crippen molar-refractivity contribution in [1.29, 1.82) is 0 Å². The first-order valence-electron chi connectivity index (χ1n) is 11.1. The third kappa shape index (κ3) is 5.07. The number of morpholine rings is 1. The molecule has 2 aromatic rings. The minimum atomic E-state index is -0.364. The van der Waals surface area contributed by atoms with Gasteiger partial charge in [0.25, 0.3) is 0 Å². The molecule has 2 aliphatic rings. The Morgan fingerprint density at radius 1 is 1.00 bits per heavy atom. The number of rotatable bonds is 6. The molecule has 6 heteroatoms. The summed E-state index contributed by atoms with van der Waals surface area (Å²) >= 11 is 0. The van der Waals surface area contributed by atoms with E-state index in [1.165, 1.54) is 0 Å². The molecule has 31 heavy (non-hydrogen) atoms. The van der Waals surface area contributed by atoms with Gasteiger partial charge in [0.15, 0.2) is 0 Å². The number of nitrogens with zero attached hydrogens (tertiary/aromatic N) is 3. The van der Waals surface area contributed by atoms with Crippen LogP contribution in [-0.2, 0) is 27.3 Å². The number of para-hydroxylation sites is 1. The Bertz CT molecular complexity index is 896. The largest absolute Gasteiger partial charge is 0.378 e. The van der Waals surface area contributed by atoms with Crippen LogP contribution in [0, 0.1) is 0 Å². The van der Waals surface area contributed by atoms with Crippen LogP contribution in [0.2, 0.25) is 0 Å². The van der Waals surface area contributed by atoms with Crippen molar-refractivity contribution < 1.29 is 14.3 Å². The average Bonchev–Trinajstić information content (AvgIpc) is 3.30. The molecule has 0 radical (unpaired) electrons. The first-order valence-corrected chi connectivity index (χ1v) is 11.1. The molecule has 0 aliphatic carbocycles. The van der Waals surface area contributed by atoms with E-state index in [9.17, 15) is 9.59 Å². The van der Waals surface area contributed by atoms with Crippen LogP contribution < -0.4 is 4.90 Å². The summed E-state index contributed by atoms with van der Waals surface area (Å²) in [5, 5.41) is 0. The van der Waals surface area contributed by atoms with E-state index in [0.29, 0.717) is 19.5 Å². The molecule has 1 atom stereocenters. The number of hydrogen-bond acceptors (Lipinski definition) is 4. The highest BCUT2D eigenvalue weighted by Gasteiger charge is 2.35. The van der Waals surface area contributed by atoms with Crippen LogP contribution >= 0.6 is 0 Å². The fourth-order valence-electron chi connectivity index (χ4n) is 4.54. The lowest BCUT2D eigenvalue weighted by Gasteiger charge is -2.32. The van der Waals surface area contributed by atoms with Gasteiger partial charge in [-0.1, -0.05) is 48.5 Å². The molecule has 2 aliphatic heterocycles. The number of carbonyl (C=O) groups is 2. The lowest BCUT2D eigenvalue weighted by Crippen LogP contribution is -2.47. The summed E-state index contributed by atoms with van der Waals surface area (Å²) < 4.78 is 5.48. The number of hydrogen-bond donors (Lipinski definition) is 0. The van der Waals surface area contributed by atoms with Crippen molar-refractivity contribution in [3.05, 3.63) is 65.7 Å². The highest BCUT2D eigenvalue weighted by Crippen LogP contribution is 2.25. The summed E-state index contributed by atoms with van der Waals surface area (Å²) in [7, 11) is 1.84. The maximum absolute atomic E-state index is 13.3. The molecule has 2 fully saturated rings. The van der Waals surface area contributed by atoms with Gasteiger partial charge in [0, 0.05) is 38.9 Å². The molecule has 4 rings (SSSR count). The molecule has 2 heterocycles. The Morgan fingerprint density at radius 3 is 2.48 bits per heavy atom.